The summed E-state index contributed by atoms with van der Waals surface area (Å²) in [5.74, 6) is -1.27. The predicted molar refractivity (Wildman–Crippen MR) is 57.1 cm³/mol. The third-order valence-electron chi connectivity index (χ3n) is 2.34. The fourth-order valence-electron chi connectivity index (χ4n) is 1.46. The third-order valence-corrected chi connectivity index (χ3v) is 2.34. The second-order valence-electron chi connectivity index (χ2n) is 3.16. The zero-order chi connectivity index (χ0) is 11.3. The first kappa shape index (κ1) is 12.1. The molecule has 0 aliphatic heterocycles. The minimum Gasteiger partial charge on any atom is -0.370 e. The fourth-order valence-corrected chi connectivity index (χ4v) is 1.46. The summed E-state index contributed by atoms with van der Waals surface area (Å²) in [5, 5.41) is 0. The van der Waals surface area contributed by atoms with Crippen LogP contribution in [0.2, 0.25) is 0 Å². The Bertz CT molecular complexity index is 285. The van der Waals surface area contributed by atoms with Gasteiger partial charge in [0, 0.05) is 21.3 Å². The lowest BCUT2D eigenvalue weighted by Gasteiger charge is -2.33. The van der Waals surface area contributed by atoms with Crippen molar-refractivity contribution in [2.45, 2.75) is 12.0 Å². The Morgan fingerprint density at radius 3 is 2.00 bits per heavy atom. The summed E-state index contributed by atoms with van der Waals surface area (Å²) in [7, 11) is 4.54. The van der Waals surface area contributed by atoms with Crippen molar-refractivity contribution in [2.24, 2.45) is 5.73 Å². The molecular formula is C11H17NO3. The van der Waals surface area contributed by atoms with Gasteiger partial charge in [-0.2, -0.15) is 0 Å². The van der Waals surface area contributed by atoms with Crippen molar-refractivity contribution in [3.63, 3.8) is 0 Å². The number of nitrogens with two attached hydrogens (primary N) is 1. The van der Waals surface area contributed by atoms with E-state index >= 15 is 0 Å². The highest BCUT2D eigenvalue weighted by molar-refractivity contribution is 5.19. The van der Waals surface area contributed by atoms with Crippen LogP contribution in [0.1, 0.15) is 11.7 Å². The highest BCUT2D eigenvalue weighted by Crippen LogP contribution is 2.28. The quantitative estimate of drug-likeness (QED) is 0.745. The first-order valence-corrected chi connectivity index (χ1v) is 4.65. The van der Waals surface area contributed by atoms with E-state index in [9.17, 15) is 0 Å². The minimum atomic E-state index is -1.27. The van der Waals surface area contributed by atoms with Crippen molar-refractivity contribution >= 4 is 0 Å². The van der Waals surface area contributed by atoms with Crippen LogP contribution in [0.3, 0.4) is 0 Å². The molecule has 1 aromatic carbocycles. The number of ether oxygens (including phenoxy) is 3. The highest BCUT2D eigenvalue weighted by atomic mass is 16.7. The van der Waals surface area contributed by atoms with Gasteiger partial charge in [-0.05, 0) is 5.56 Å². The van der Waals surface area contributed by atoms with Crippen LogP contribution in [-0.4, -0.2) is 27.2 Å². The summed E-state index contributed by atoms with van der Waals surface area (Å²) < 4.78 is 15.6. The van der Waals surface area contributed by atoms with E-state index in [1.807, 2.05) is 30.3 Å². The Hall–Kier alpha value is -0.940. The van der Waals surface area contributed by atoms with E-state index in [0.29, 0.717) is 0 Å². The molecule has 0 fully saturated rings. The zero-order valence-electron chi connectivity index (χ0n) is 9.27. The molecule has 0 aromatic heterocycles. The standard InChI is InChI=1S/C11H17NO3/c1-13-10(11(12,14-2)15-3)9-7-5-4-6-8-9/h4-8,10H,12H2,1-3H3. The van der Waals surface area contributed by atoms with Crippen molar-refractivity contribution in [1.82, 2.24) is 0 Å². The highest BCUT2D eigenvalue weighted by Gasteiger charge is 2.36. The van der Waals surface area contributed by atoms with Gasteiger partial charge >= 0.3 is 0 Å². The van der Waals surface area contributed by atoms with Gasteiger partial charge in [0.1, 0.15) is 0 Å². The Labute approximate surface area is 89.9 Å². The molecule has 0 amide bonds. The predicted octanol–water partition coefficient (Wildman–Crippen LogP) is 1.28. The molecule has 1 rings (SSSR count). The molecule has 0 heterocycles. The normalized spacial score (nSPS) is 13.9. The molecule has 1 aromatic rings. The van der Waals surface area contributed by atoms with Crippen LogP contribution in [0.15, 0.2) is 30.3 Å². The molecule has 0 aliphatic carbocycles. The van der Waals surface area contributed by atoms with E-state index in [0.717, 1.165) is 5.56 Å². The molecule has 15 heavy (non-hydrogen) atoms. The van der Waals surface area contributed by atoms with Crippen molar-refractivity contribution in [2.75, 3.05) is 21.3 Å². The maximum atomic E-state index is 5.91. The number of methoxy groups -OCH3 is 3. The van der Waals surface area contributed by atoms with Crippen molar-refractivity contribution in [1.29, 1.82) is 0 Å². The molecule has 0 bridgehead atoms. The first-order valence-electron chi connectivity index (χ1n) is 4.65. The van der Waals surface area contributed by atoms with Gasteiger partial charge in [0.05, 0.1) is 0 Å². The van der Waals surface area contributed by atoms with Crippen LogP contribution >= 0.6 is 0 Å². The molecule has 84 valence electrons. The molecule has 4 nitrogen and oxygen atoms in total. The van der Waals surface area contributed by atoms with Gasteiger partial charge in [0.25, 0.3) is 5.91 Å². The molecular weight excluding hydrogens is 194 g/mol. The number of hydrogen-bond donors (Lipinski definition) is 1. The van der Waals surface area contributed by atoms with Gasteiger partial charge in [0.15, 0.2) is 6.10 Å². The second kappa shape index (κ2) is 5.23. The number of benzene rings is 1. The van der Waals surface area contributed by atoms with Crippen LogP contribution in [0.25, 0.3) is 0 Å². The molecule has 0 radical (unpaired) electrons. The van der Waals surface area contributed by atoms with E-state index in [1.54, 1.807) is 7.11 Å². The minimum absolute atomic E-state index is 0.464. The first-order chi connectivity index (χ1) is 7.18. The van der Waals surface area contributed by atoms with E-state index in [1.165, 1.54) is 14.2 Å². The summed E-state index contributed by atoms with van der Waals surface area (Å²) in [6.07, 6.45) is -0.464. The zero-order valence-corrected chi connectivity index (χ0v) is 9.27. The molecule has 4 heteroatoms. The molecule has 1 unspecified atom stereocenters. The summed E-state index contributed by atoms with van der Waals surface area (Å²) in [6, 6.07) is 9.57. The lowest BCUT2D eigenvalue weighted by Crippen LogP contribution is -2.50. The maximum Gasteiger partial charge on any atom is 0.256 e. The van der Waals surface area contributed by atoms with Crippen LogP contribution in [0, 0.1) is 0 Å². The largest absolute Gasteiger partial charge is 0.370 e. The Morgan fingerprint density at radius 2 is 1.60 bits per heavy atom. The van der Waals surface area contributed by atoms with Crippen LogP contribution in [0.4, 0.5) is 0 Å². The van der Waals surface area contributed by atoms with Crippen LogP contribution in [0.5, 0.6) is 0 Å². The van der Waals surface area contributed by atoms with Gasteiger partial charge in [-0.3, -0.25) is 5.73 Å². The smallest absolute Gasteiger partial charge is 0.256 e. The molecule has 2 N–H and O–H groups in total. The summed E-state index contributed by atoms with van der Waals surface area (Å²) >= 11 is 0. The Kier molecular flexibility index (Phi) is 4.23. The van der Waals surface area contributed by atoms with Gasteiger partial charge < -0.3 is 14.2 Å². The van der Waals surface area contributed by atoms with Crippen LogP contribution < -0.4 is 5.73 Å². The van der Waals surface area contributed by atoms with E-state index in [4.69, 9.17) is 19.9 Å². The molecule has 0 spiro atoms. The Balaban J connectivity index is 2.98. The topological polar surface area (TPSA) is 53.7 Å². The van der Waals surface area contributed by atoms with Gasteiger partial charge in [-0.25, -0.2) is 0 Å². The van der Waals surface area contributed by atoms with E-state index in [-0.39, 0.29) is 0 Å². The average molecular weight is 211 g/mol. The molecule has 0 aliphatic rings. The fraction of sp³-hybridized carbons (Fsp3) is 0.455. The van der Waals surface area contributed by atoms with Crippen molar-refractivity contribution in [3.05, 3.63) is 35.9 Å². The average Bonchev–Trinajstić information content (AvgIpc) is 2.31. The number of rotatable bonds is 5. The van der Waals surface area contributed by atoms with Crippen molar-refractivity contribution in [3.8, 4) is 0 Å². The second-order valence-corrected chi connectivity index (χ2v) is 3.16. The maximum absolute atomic E-state index is 5.91. The summed E-state index contributed by atoms with van der Waals surface area (Å²) in [6.45, 7) is 0. The summed E-state index contributed by atoms with van der Waals surface area (Å²) in [4.78, 5) is 0. The van der Waals surface area contributed by atoms with Gasteiger partial charge in [0.2, 0.25) is 0 Å². The lowest BCUT2D eigenvalue weighted by molar-refractivity contribution is -0.264. The van der Waals surface area contributed by atoms with Crippen LogP contribution in [-0.2, 0) is 14.2 Å². The van der Waals surface area contributed by atoms with Gasteiger partial charge in [-0.1, -0.05) is 30.3 Å². The monoisotopic (exact) mass is 211 g/mol. The van der Waals surface area contributed by atoms with E-state index in [2.05, 4.69) is 0 Å². The third kappa shape index (κ3) is 2.54. The van der Waals surface area contributed by atoms with Gasteiger partial charge in [-0.15, -0.1) is 0 Å². The molecule has 0 saturated heterocycles. The van der Waals surface area contributed by atoms with Crippen molar-refractivity contribution < 1.29 is 14.2 Å². The lowest BCUT2D eigenvalue weighted by atomic mass is 10.1. The summed E-state index contributed by atoms with van der Waals surface area (Å²) in [5.41, 5.74) is 6.82. The van der Waals surface area contributed by atoms with E-state index < -0.39 is 12.0 Å². The number of hydrogen-bond acceptors (Lipinski definition) is 4. The SMILES string of the molecule is COC(c1ccccc1)C(N)(OC)OC. The molecule has 0 saturated carbocycles. The molecule has 1 atom stereocenters. The Morgan fingerprint density at radius 1 is 1.07 bits per heavy atom.